The first kappa shape index (κ1) is 17.6. The zero-order valence-electron chi connectivity index (χ0n) is 12.2. The normalized spacial score (nSPS) is 12.0. The van der Waals surface area contributed by atoms with E-state index in [9.17, 15) is 13.2 Å². The number of ether oxygens (including phenoxy) is 1. The van der Waals surface area contributed by atoms with Crippen molar-refractivity contribution in [2.24, 2.45) is 0 Å². The van der Waals surface area contributed by atoms with Crippen LogP contribution >= 0.6 is 0 Å². The zero-order chi connectivity index (χ0) is 15.9. The number of hydrogen-bond acceptors (Lipinski definition) is 5. The van der Waals surface area contributed by atoms with Gasteiger partial charge in [0.05, 0.1) is 12.3 Å². The van der Waals surface area contributed by atoms with Gasteiger partial charge in [-0.15, -0.1) is 0 Å². The average molecular weight is 319 g/mol. The van der Waals surface area contributed by atoms with Gasteiger partial charge in [0.25, 0.3) is 0 Å². The van der Waals surface area contributed by atoms with Crippen LogP contribution in [0.5, 0.6) is 0 Å². The fourth-order valence-corrected chi connectivity index (χ4v) is 2.57. The molecule has 1 aromatic heterocycles. The van der Waals surface area contributed by atoms with Crippen LogP contribution in [0.1, 0.15) is 26.7 Å². The molecule has 21 heavy (non-hydrogen) atoms. The second kappa shape index (κ2) is 8.11. The van der Waals surface area contributed by atoms with Gasteiger partial charge < -0.3 is 9.84 Å². The average Bonchev–Trinajstić information content (AvgIpc) is 2.81. The third-order valence-corrected chi connectivity index (χ3v) is 3.95. The van der Waals surface area contributed by atoms with Crippen molar-refractivity contribution >= 4 is 16.0 Å². The molecule has 0 amide bonds. The van der Waals surface area contributed by atoms with Crippen molar-refractivity contribution in [3.63, 3.8) is 0 Å². The maximum Gasteiger partial charge on any atom is 0.325 e. The Balaban J connectivity index is 2.39. The van der Waals surface area contributed by atoms with Crippen LogP contribution in [-0.4, -0.2) is 48.5 Å². The van der Waals surface area contributed by atoms with Crippen molar-refractivity contribution < 1.29 is 23.1 Å². The Morgan fingerprint density at radius 2 is 2.19 bits per heavy atom. The molecule has 9 heteroatoms. The standard InChI is InChI=1S/C12H21N3O5S/c1-10(2)20-6-4-3-5-14-21(18,19)11-7-13-15(8-11)9-12(16)17/h7-8,10,14H,3-6,9H2,1-2H3,(H,16,17). The van der Waals surface area contributed by atoms with Crippen molar-refractivity contribution in [1.82, 2.24) is 14.5 Å². The Bertz CT molecular complexity index is 553. The molecule has 0 spiro atoms. The van der Waals surface area contributed by atoms with Crippen LogP contribution in [0, 0.1) is 0 Å². The summed E-state index contributed by atoms with van der Waals surface area (Å²) in [6, 6.07) is 0. The number of nitrogens with one attached hydrogen (secondary N) is 1. The molecule has 0 atom stereocenters. The third-order valence-electron chi connectivity index (χ3n) is 2.53. The van der Waals surface area contributed by atoms with E-state index in [-0.39, 0.29) is 17.5 Å². The highest BCUT2D eigenvalue weighted by atomic mass is 32.2. The molecule has 0 saturated carbocycles. The largest absolute Gasteiger partial charge is 0.480 e. The van der Waals surface area contributed by atoms with Crippen molar-refractivity contribution in [3.8, 4) is 0 Å². The van der Waals surface area contributed by atoms with Crippen LogP contribution in [0.25, 0.3) is 0 Å². The van der Waals surface area contributed by atoms with Gasteiger partial charge in [0.2, 0.25) is 10.0 Å². The fraction of sp³-hybridized carbons (Fsp3) is 0.667. The molecule has 0 aliphatic rings. The van der Waals surface area contributed by atoms with Gasteiger partial charge in [-0.25, -0.2) is 13.1 Å². The van der Waals surface area contributed by atoms with E-state index in [1.807, 2.05) is 13.8 Å². The van der Waals surface area contributed by atoms with Crippen molar-refractivity contribution in [3.05, 3.63) is 12.4 Å². The number of unbranched alkanes of at least 4 members (excludes halogenated alkanes) is 1. The summed E-state index contributed by atoms with van der Waals surface area (Å²) in [5.74, 6) is -1.08. The Morgan fingerprint density at radius 1 is 1.48 bits per heavy atom. The van der Waals surface area contributed by atoms with Crippen LogP contribution in [0.2, 0.25) is 0 Å². The zero-order valence-corrected chi connectivity index (χ0v) is 13.0. The summed E-state index contributed by atoms with van der Waals surface area (Å²) in [5.41, 5.74) is 0. The molecule has 0 fully saturated rings. The second-order valence-corrected chi connectivity index (χ2v) is 6.56. The minimum absolute atomic E-state index is 0.0396. The van der Waals surface area contributed by atoms with Crippen LogP contribution in [0.15, 0.2) is 17.3 Å². The number of nitrogens with zero attached hydrogens (tertiary/aromatic N) is 2. The number of carbonyl (C=O) groups is 1. The molecule has 1 heterocycles. The maximum absolute atomic E-state index is 11.9. The summed E-state index contributed by atoms with van der Waals surface area (Å²) >= 11 is 0. The highest BCUT2D eigenvalue weighted by Gasteiger charge is 2.16. The summed E-state index contributed by atoms with van der Waals surface area (Å²) in [5, 5.41) is 12.3. The number of carboxylic acid groups (broad SMARTS) is 1. The molecule has 0 saturated heterocycles. The minimum atomic E-state index is -3.65. The van der Waals surface area contributed by atoms with Gasteiger partial charge in [-0.2, -0.15) is 5.10 Å². The molecule has 1 aromatic rings. The molecule has 8 nitrogen and oxygen atoms in total. The highest BCUT2D eigenvalue weighted by Crippen LogP contribution is 2.07. The Labute approximate surface area is 124 Å². The van der Waals surface area contributed by atoms with Crippen molar-refractivity contribution in [2.45, 2.75) is 44.2 Å². The smallest absolute Gasteiger partial charge is 0.325 e. The van der Waals surface area contributed by atoms with Gasteiger partial charge in [0.1, 0.15) is 11.4 Å². The van der Waals surface area contributed by atoms with Crippen molar-refractivity contribution in [1.29, 1.82) is 0 Å². The Kier molecular flexibility index (Phi) is 6.79. The molecule has 0 aliphatic carbocycles. The minimum Gasteiger partial charge on any atom is -0.480 e. The van der Waals surface area contributed by atoms with E-state index in [0.29, 0.717) is 19.6 Å². The lowest BCUT2D eigenvalue weighted by atomic mass is 10.3. The van der Waals surface area contributed by atoms with Crippen LogP contribution in [0.4, 0.5) is 0 Å². The molecule has 120 valence electrons. The SMILES string of the molecule is CC(C)OCCCCNS(=O)(=O)c1cnn(CC(=O)O)c1. The van der Waals surface area contributed by atoms with Crippen LogP contribution in [-0.2, 0) is 26.1 Å². The lowest BCUT2D eigenvalue weighted by Gasteiger charge is -2.07. The van der Waals surface area contributed by atoms with Gasteiger partial charge in [-0.1, -0.05) is 0 Å². The molecular formula is C12H21N3O5S. The highest BCUT2D eigenvalue weighted by molar-refractivity contribution is 7.89. The number of hydrogen-bond donors (Lipinski definition) is 2. The van der Waals surface area contributed by atoms with Crippen molar-refractivity contribution in [2.75, 3.05) is 13.2 Å². The van der Waals surface area contributed by atoms with Gasteiger partial charge in [0.15, 0.2) is 0 Å². The maximum atomic E-state index is 11.9. The number of carboxylic acids is 1. The quantitative estimate of drug-likeness (QED) is 0.606. The van der Waals surface area contributed by atoms with E-state index in [1.54, 1.807) is 0 Å². The summed E-state index contributed by atoms with van der Waals surface area (Å²) in [6.45, 7) is 4.40. The molecule has 0 aliphatic heterocycles. The molecule has 0 bridgehead atoms. The topological polar surface area (TPSA) is 111 Å². The fourth-order valence-electron chi connectivity index (χ4n) is 1.54. The predicted octanol–water partition coefficient (Wildman–Crippen LogP) is 0.451. The Hall–Kier alpha value is -1.45. The van der Waals surface area contributed by atoms with E-state index in [4.69, 9.17) is 9.84 Å². The predicted molar refractivity (Wildman–Crippen MR) is 75.4 cm³/mol. The van der Waals surface area contributed by atoms with Gasteiger partial charge >= 0.3 is 5.97 Å². The molecule has 2 N–H and O–H groups in total. The van der Waals surface area contributed by atoms with Crippen LogP contribution in [0.3, 0.4) is 0 Å². The van der Waals surface area contributed by atoms with Crippen LogP contribution < -0.4 is 4.72 Å². The van der Waals surface area contributed by atoms with Gasteiger partial charge in [-0.05, 0) is 26.7 Å². The van der Waals surface area contributed by atoms with Gasteiger partial charge in [-0.3, -0.25) is 9.48 Å². The summed E-state index contributed by atoms with van der Waals surface area (Å²) in [7, 11) is -3.65. The molecular weight excluding hydrogens is 298 g/mol. The first-order valence-electron chi connectivity index (χ1n) is 6.67. The van der Waals surface area contributed by atoms with Gasteiger partial charge in [0, 0.05) is 19.3 Å². The monoisotopic (exact) mass is 319 g/mol. The van der Waals surface area contributed by atoms with E-state index in [1.165, 1.54) is 6.20 Å². The lowest BCUT2D eigenvalue weighted by molar-refractivity contribution is -0.137. The van der Waals surface area contributed by atoms with E-state index in [2.05, 4.69) is 9.82 Å². The first-order chi connectivity index (χ1) is 9.81. The molecule has 0 aromatic carbocycles. The molecule has 0 unspecified atom stereocenters. The van der Waals surface area contributed by atoms with E-state index >= 15 is 0 Å². The molecule has 1 rings (SSSR count). The number of sulfonamides is 1. The number of aromatic nitrogens is 2. The second-order valence-electron chi connectivity index (χ2n) is 4.79. The Morgan fingerprint density at radius 3 is 2.81 bits per heavy atom. The summed E-state index contributed by atoms with van der Waals surface area (Å²) in [6.07, 6.45) is 3.92. The third kappa shape index (κ3) is 6.69. The number of aliphatic carboxylic acids is 1. The van der Waals surface area contributed by atoms with E-state index in [0.717, 1.165) is 17.3 Å². The summed E-state index contributed by atoms with van der Waals surface area (Å²) < 4.78 is 32.7. The lowest BCUT2D eigenvalue weighted by Crippen LogP contribution is -2.24. The van der Waals surface area contributed by atoms with E-state index < -0.39 is 16.0 Å². The number of rotatable bonds is 10. The summed E-state index contributed by atoms with van der Waals surface area (Å²) in [4.78, 5) is 10.5. The first-order valence-corrected chi connectivity index (χ1v) is 8.15. The molecule has 0 radical (unpaired) electrons.